The summed E-state index contributed by atoms with van der Waals surface area (Å²) in [5.41, 5.74) is -0.421. The monoisotopic (exact) mass is 236 g/mol. The molecule has 0 saturated heterocycles. The summed E-state index contributed by atoms with van der Waals surface area (Å²) in [6.07, 6.45) is 6.19. The van der Waals surface area contributed by atoms with Gasteiger partial charge in [0.15, 0.2) is 6.29 Å². The molecule has 3 atom stereocenters. The standard InChI is InChI=1S/C11H21F2NP/c1-9-10(2,14-8-15(3)4)6-5-7-11(9,12)13/h9,14H,3,5-8H2,1-2,4H3/q+1. The third-order valence-corrected chi connectivity index (χ3v) is 4.25. The molecule has 3 unspecified atom stereocenters. The van der Waals surface area contributed by atoms with Gasteiger partial charge in [-0.15, -0.1) is 0 Å². The third kappa shape index (κ3) is 2.98. The Hall–Kier alpha value is -0.0100. The molecular formula is C11H21F2NP+. The Morgan fingerprint density at radius 3 is 2.60 bits per heavy atom. The molecule has 0 aliphatic heterocycles. The molecule has 1 nitrogen and oxygen atoms in total. The van der Waals surface area contributed by atoms with E-state index in [1.54, 1.807) is 6.92 Å². The Morgan fingerprint density at radius 1 is 1.47 bits per heavy atom. The molecular weight excluding hydrogens is 215 g/mol. The molecule has 1 saturated carbocycles. The minimum atomic E-state index is -2.52. The van der Waals surface area contributed by atoms with Crippen molar-refractivity contribution < 1.29 is 8.78 Å². The highest BCUT2D eigenvalue weighted by Gasteiger charge is 2.50. The van der Waals surface area contributed by atoms with E-state index >= 15 is 0 Å². The third-order valence-electron chi connectivity index (χ3n) is 3.55. The zero-order chi connectivity index (χ0) is 11.7. The van der Waals surface area contributed by atoms with Crippen LogP contribution in [0.5, 0.6) is 0 Å². The van der Waals surface area contributed by atoms with Gasteiger partial charge in [0, 0.05) is 17.9 Å². The average molecular weight is 236 g/mol. The Labute approximate surface area is 92.0 Å². The van der Waals surface area contributed by atoms with Crippen molar-refractivity contribution in [2.75, 3.05) is 13.0 Å². The van der Waals surface area contributed by atoms with Gasteiger partial charge >= 0.3 is 0 Å². The Bertz CT molecular complexity index is 255. The largest absolute Gasteiger partial charge is 0.273 e. The van der Waals surface area contributed by atoms with E-state index in [-0.39, 0.29) is 14.0 Å². The van der Waals surface area contributed by atoms with Crippen molar-refractivity contribution >= 4 is 13.8 Å². The van der Waals surface area contributed by atoms with Crippen LogP contribution in [0.1, 0.15) is 33.1 Å². The number of alkyl halides is 2. The molecule has 15 heavy (non-hydrogen) atoms. The van der Waals surface area contributed by atoms with Crippen LogP contribution in [0.25, 0.3) is 0 Å². The predicted molar refractivity (Wildman–Crippen MR) is 64.3 cm³/mol. The molecule has 0 spiro atoms. The minimum Gasteiger partial charge on any atom is -0.273 e. The zero-order valence-corrected chi connectivity index (χ0v) is 10.7. The number of rotatable bonds is 3. The van der Waals surface area contributed by atoms with Crippen molar-refractivity contribution in [3.05, 3.63) is 0 Å². The molecule has 1 N–H and O–H groups in total. The second-order valence-electron chi connectivity index (χ2n) is 4.94. The van der Waals surface area contributed by atoms with Crippen molar-refractivity contribution in [1.29, 1.82) is 0 Å². The first-order chi connectivity index (χ1) is 6.78. The summed E-state index contributed by atoms with van der Waals surface area (Å²) in [5, 5.41) is 3.29. The highest BCUT2D eigenvalue weighted by Crippen LogP contribution is 2.44. The van der Waals surface area contributed by atoms with Gasteiger partial charge in [0.25, 0.3) is 5.92 Å². The minimum absolute atomic E-state index is 0.0384. The van der Waals surface area contributed by atoms with E-state index < -0.39 is 17.4 Å². The van der Waals surface area contributed by atoms with E-state index in [0.717, 1.165) is 12.7 Å². The van der Waals surface area contributed by atoms with Crippen LogP contribution in [-0.4, -0.2) is 30.7 Å². The lowest BCUT2D eigenvalue weighted by Gasteiger charge is -2.44. The SMILES string of the molecule is C=[P+](C)CNC1(C)CCCC(F)(F)C1C. The molecule has 4 heteroatoms. The molecule has 1 fully saturated rings. The van der Waals surface area contributed by atoms with Crippen LogP contribution in [0.3, 0.4) is 0 Å². The van der Waals surface area contributed by atoms with E-state index in [4.69, 9.17) is 0 Å². The summed E-state index contributed by atoms with van der Waals surface area (Å²) < 4.78 is 27.1. The van der Waals surface area contributed by atoms with Crippen LogP contribution in [0.2, 0.25) is 0 Å². The topological polar surface area (TPSA) is 12.0 Å². The fourth-order valence-electron chi connectivity index (χ4n) is 2.15. The van der Waals surface area contributed by atoms with Crippen LogP contribution in [0.15, 0.2) is 0 Å². The van der Waals surface area contributed by atoms with E-state index in [9.17, 15) is 8.78 Å². The van der Waals surface area contributed by atoms with Gasteiger partial charge in [-0.3, -0.25) is 5.32 Å². The molecule has 1 aliphatic rings. The summed E-state index contributed by atoms with van der Waals surface area (Å²) in [4.78, 5) is 0. The maximum atomic E-state index is 13.6. The highest BCUT2D eigenvalue weighted by molar-refractivity contribution is 7.54. The normalized spacial score (nSPS) is 36.3. The second kappa shape index (κ2) is 4.47. The van der Waals surface area contributed by atoms with Gasteiger partial charge in [-0.05, 0) is 19.8 Å². The Morgan fingerprint density at radius 2 is 2.07 bits per heavy atom. The lowest BCUT2D eigenvalue weighted by atomic mass is 9.73. The van der Waals surface area contributed by atoms with Crippen molar-refractivity contribution in [1.82, 2.24) is 5.32 Å². The summed E-state index contributed by atoms with van der Waals surface area (Å²) >= 11 is 0. The maximum Gasteiger partial charge on any atom is 0.252 e. The zero-order valence-electron chi connectivity index (χ0n) is 9.82. The first kappa shape index (κ1) is 13.1. The van der Waals surface area contributed by atoms with Gasteiger partial charge in [-0.25, -0.2) is 8.78 Å². The highest BCUT2D eigenvalue weighted by atomic mass is 31.1. The van der Waals surface area contributed by atoms with E-state index in [0.29, 0.717) is 6.42 Å². The van der Waals surface area contributed by atoms with Gasteiger partial charge in [-0.1, -0.05) is 6.92 Å². The van der Waals surface area contributed by atoms with E-state index in [1.165, 1.54) is 0 Å². The van der Waals surface area contributed by atoms with Crippen LogP contribution >= 0.6 is 7.55 Å². The molecule has 1 rings (SSSR count). The van der Waals surface area contributed by atoms with E-state index in [2.05, 4.69) is 18.3 Å². The van der Waals surface area contributed by atoms with Gasteiger partial charge in [0.2, 0.25) is 0 Å². The van der Waals surface area contributed by atoms with Crippen LogP contribution in [-0.2, 0) is 0 Å². The summed E-state index contributed by atoms with van der Waals surface area (Å²) in [6, 6.07) is 0. The molecule has 0 aromatic heterocycles. The van der Waals surface area contributed by atoms with Crippen molar-refractivity contribution in [2.45, 2.75) is 44.6 Å². The molecule has 0 radical (unpaired) electrons. The molecule has 0 bridgehead atoms. The van der Waals surface area contributed by atoms with Crippen LogP contribution < -0.4 is 5.32 Å². The lowest BCUT2D eigenvalue weighted by Crippen LogP contribution is -2.56. The molecule has 0 aromatic carbocycles. The smallest absolute Gasteiger partial charge is 0.252 e. The van der Waals surface area contributed by atoms with Crippen molar-refractivity contribution in [3.63, 3.8) is 0 Å². The lowest BCUT2D eigenvalue weighted by molar-refractivity contribution is -0.113. The Kier molecular flexibility index (Phi) is 3.89. The molecule has 0 heterocycles. The first-order valence-electron chi connectivity index (χ1n) is 5.42. The van der Waals surface area contributed by atoms with Gasteiger partial charge in [0.05, 0.1) is 20.5 Å². The van der Waals surface area contributed by atoms with Gasteiger partial charge in [-0.2, -0.15) is 0 Å². The number of halogens is 2. The van der Waals surface area contributed by atoms with Crippen molar-refractivity contribution in [3.8, 4) is 0 Å². The maximum absolute atomic E-state index is 13.6. The van der Waals surface area contributed by atoms with Crippen LogP contribution in [0.4, 0.5) is 8.78 Å². The van der Waals surface area contributed by atoms with Gasteiger partial charge < -0.3 is 0 Å². The predicted octanol–water partition coefficient (Wildman–Crippen LogP) is 3.29. The average Bonchev–Trinajstić information content (AvgIpc) is 2.11. The summed E-state index contributed by atoms with van der Waals surface area (Å²) in [7, 11) is -0.313. The quantitative estimate of drug-likeness (QED) is 0.741. The van der Waals surface area contributed by atoms with Crippen LogP contribution in [0, 0.1) is 5.92 Å². The fourth-order valence-corrected chi connectivity index (χ4v) is 2.78. The van der Waals surface area contributed by atoms with Crippen molar-refractivity contribution in [2.24, 2.45) is 5.92 Å². The fraction of sp³-hybridized carbons (Fsp3) is 0.909. The van der Waals surface area contributed by atoms with E-state index in [1.807, 2.05) is 6.92 Å². The number of hydrogen-bond acceptors (Lipinski definition) is 1. The molecule has 0 aromatic rings. The summed E-state index contributed by atoms with van der Waals surface area (Å²) in [5.74, 6) is -3.11. The number of hydrogen-bond donors (Lipinski definition) is 1. The molecule has 0 amide bonds. The molecule has 88 valence electrons. The molecule has 1 aliphatic carbocycles. The number of nitrogens with one attached hydrogen (secondary N) is 1. The first-order valence-corrected chi connectivity index (χ1v) is 7.58. The van der Waals surface area contributed by atoms with Gasteiger partial charge in [0.1, 0.15) is 0 Å². The summed E-state index contributed by atoms with van der Waals surface area (Å²) in [6.45, 7) is 5.63. The Balaban J connectivity index is 2.69. The second-order valence-corrected chi connectivity index (χ2v) is 6.97.